The Bertz CT molecular complexity index is 1410. The molecule has 3 aromatic carbocycles. The molecule has 0 aromatic heterocycles. The van der Waals surface area contributed by atoms with Gasteiger partial charge in [0.15, 0.2) is 0 Å². The van der Waals surface area contributed by atoms with Crippen molar-refractivity contribution in [1.29, 1.82) is 0 Å². The third kappa shape index (κ3) is 5.51. The van der Waals surface area contributed by atoms with Crippen molar-refractivity contribution in [3.8, 4) is 0 Å². The molecule has 4 nitrogen and oxygen atoms in total. The summed E-state index contributed by atoms with van der Waals surface area (Å²) in [6.45, 7) is 0. The van der Waals surface area contributed by atoms with Crippen LogP contribution in [0.5, 0.6) is 0 Å². The van der Waals surface area contributed by atoms with E-state index in [2.05, 4.69) is 10.6 Å². The summed E-state index contributed by atoms with van der Waals surface area (Å²) in [5.41, 5.74) is -1.89. The maximum atomic E-state index is 14.0. The molecule has 4 rings (SSSR count). The molecule has 2 atom stereocenters. The smallest absolute Gasteiger partial charge is 0.326 e. The first-order valence-electron chi connectivity index (χ1n) is 10.3. The van der Waals surface area contributed by atoms with E-state index in [1.807, 2.05) is 0 Å². The number of benzene rings is 3. The van der Waals surface area contributed by atoms with Gasteiger partial charge >= 0.3 is 6.18 Å². The number of carbonyl (C=O) groups excluding carboxylic acids is 2. The maximum Gasteiger partial charge on any atom is 0.419 e. The van der Waals surface area contributed by atoms with Crippen LogP contribution in [-0.4, -0.2) is 16.1 Å². The number of anilines is 2. The first kappa shape index (κ1) is 27.1. The molecular weight excluding hydrogens is 569 g/mol. The van der Waals surface area contributed by atoms with Crippen LogP contribution in [0.15, 0.2) is 54.6 Å². The minimum absolute atomic E-state index is 0.00635. The molecule has 0 bridgehead atoms. The number of halogens is 9. The summed E-state index contributed by atoms with van der Waals surface area (Å²) in [6.07, 6.45) is -4.90. The predicted molar refractivity (Wildman–Crippen MR) is 126 cm³/mol. The highest BCUT2D eigenvalue weighted by Gasteiger charge is 2.67. The molecule has 37 heavy (non-hydrogen) atoms. The van der Waals surface area contributed by atoms with Crippen LogP contribution in [0.2, 0.25) is 5.02 Å². The Morgan fingerprint density at radius 3 is 2.19 bits per heavy atom. The van der Waals surface area contributed by atoms with Crippen molar-refractivity contribution in [3.05, 3.63) is 93.8 Å². The number of nitrogens with one attached hydrogen (secondary N) is 2. The highest BCUT2D eigenvalue weighted by atomic mass is 35.5. The Balaban J connectivity index is 1.51. The summed E-state index contributed by atoms with van der Waals surface area (Å²) < 4.78 is 77.8. The van der Waals surface area contributed by atoms with Crippen molar-refractivity contribution in [1.82, 2.24) is 0 Å². The molecule has 2 amide bonds. The molecule has 2 unspecified atom stereocenters. The monoisotopic (exact) mass is 580 g/mol. The summed E-state index contributed by atoms with van der Waals surface area (Å²) in [6, 6.07) is 8.48. The predicted octanol–water partition coefficient (Wildman–Crippen LogP) is 7.55. The van der Waals surface area contributed by atoms with Crippen molar-refractivity contribution >= 4 is 58.0 Å². The van der Waals surface area contributed by atoms with Crippen LogP contribution in [0.25, 0.3) is 0 Å². The standard InChI is InChI=1S/C24H13Cl3F6N2O2/c25-15-5-3-12(9-13(15)21(36)35-18-6-2-11(28)8-17(18)30)34-22(37)20-19(23(20,26)27)10-1-4-14(16(29)7-10)24(31,32)33/h1-9,19-20H,(H,34,37)(H,35,36). The molecule has 0 spiro atoms. The van der Waals surface area contributed by atoms with Gasteiger partial charge in [0.05, 0.1) is 27.8 Å². The molecule has 2 N–H and O–H groups in total. The average molecular weight is 582 g/mol. The number of carbonyl (C=O) groups is 2. The Morgan fingerprint density at radius 2 is 1.57 bits per heavy atom. The third-order valence-corrected chi connectivity index (χ3v) is 6.92. The molecule has 0 aliphatic heterocycles. The summed E-state index contributed by atoms with van der Waals surface area (Å²) in [7, 11) is 0. The zero-order valence-electron chi connectivity index (χ0n) is 18.1. The van der Waals surface area contributed by atoms with E-state index in [1.165, 1.54) is 18.2 Å². The number of rotatable bonds is 5. The fourth-order valence-corrected chi connectivity index (χ4v) is 4.83. The lowest BCUT2D eigenvalue weighted by Crippen LogP contribution is -2.18. The van der Waals surface area contributed by atoms with Gasteiger partial charge < -0.3 is 10.6 Å². The van der Waals surface area contributed by atoms with E-state index < -0.39 is 57.2 Å². The Hall–Kier alpha value is -2.95. The highest BCUT2D eigenvalue weighted by Crippen LogP contribution is 2.65. The van der Waals surface area contributed by atoms with Crippen molar-refractivity contribution < 1.29 is 35.9 Å². The second kappa shape index (κ2) is 9.74. The summed E-state index contributed by atoms with van der Waals surface area (Å²) in [4.78, 5) is 25.4. The summed E-state index contributed by atoms with van der Waals surface area (Å²) >= 11 is 18.4. The molecule has 1 fully saturated rings. The van der Waals surface area contributed by atoms with Gasteiger partial charge in [-0.15, -0.1) is 23.2 Å². The second-order valence-electron chi connectivity index (χ2n) is 8.13. The molecule has 1 aliphatic rings. The topological polar surface area (TPSA) is 58.2 Å². The van der Waals surface area contributed by atoms with Gasteiger partial charge in [0.1, 0.15) is 21.8 Å². The lowest BCUT2D eigenvalue weighted by molar-refractivity contribution is -0.140. The van der Waals surface area contributed by atoms with E-state index in [0.29, 0.717) is 18.2 Å². The van der Waals surface area contributed by atoms with E-state index in [1.54, 1.807) is 0 Å². The molecule has 0 radical (unpaired) electrons. The molecule has 1 aliphatic carbocycles. The normalized spacial score (nSPS) is 18.3. The minimum atomic E-state index is -4.90. The van der Waals surface area contributed by atoms with E-state index in [9.17, 15) is 35.9 Å². The van der Waals surface area contributed by atoms with Gasteiger partial charge in [-0.3, -0.25) is 9.59 Å². The molecule has 0 saturated heterocycles. The molecule has 1 saturated carbocycles. The van der Waals surface area contributed by atoms with Crippen LogP contribution in [0, 0.1) is 23.4 Å². The summed E-state index contributed by atoms with van der Waals surface area (Å²) in [5, 5.41) is 4.66. The SMILES string of the molecule is O=C(Nc1ccc(F)cc1F)c1cc(NC(=O)C2C(c3ccc(C(F)(F)F)c(F)c3)C2(Cl)Cl)ccc1Cl. The second-order valence-corrected chi connectivity index (χ2v) is 9.98. The number of hydrogen-bond acceptors (Lipinski definition) is 2. The number of hydrogen-bond donors (Lipinski definition) is 2. The van der Waals surface area contributed by atoms with Crippen LogP contribution >= 0.6 is 34.8 Å². The van der Waals surface area contributed by atoms with Crippen LogP contribution in [0.3, 0.4) is 0 Å². The molecule has 13 heteroatoms. The molecule has 0 heterocycles. The fraction of sp³-hybridized carbons (Fsp3) is 0.167. The Kier molecular flexibility index (Phi) is 7.13. The zero-order chi connectivity index (χ0) is 27.3. The van der Waals surface area contributed by atoms with Crippen LogP contribution in [-0.2, 0) is 11.0 Å². The number of amides is 2. The van der Waals surface area contributed by atoms with Crippen LogP contribution in [0.4, 0.5) is 37.7 Å². The molecular formula is C24H13Cl3F6N2O2. The van der Waals surface area contributed by atoms with Crippen molar-refractivity contribution in [2.24, 2.45) is 5.92 Å². The van der Waals surface area contributed by atoms with E-state index in [-0.39, 0.29) is 27.5 Å². The van der Waals surface area contributed by atoms with Gasteiger partial charge in [-0.25, -0.2) is 13.2 Å². The number of alkyl halides is 5. The van der Waals surface area contributed by atoms with E-state index >= 15 is 0 Å². The van der Waals surface area contributed by atoms with Gasteiger partial charge in [-0.1, -0.05) is 17.7 Å². The Labute approximate surface area is 220 Å². The maximum absolute atomic E-state index is 14.0. The lowest BCUT2D eigenvalue weighted by Gasteiger charge is -2.11. The van der Waals surface area contributed by atoms with Crippen LogP contribution < -0.4 is 10.6 Å². The molecule has 194 valence electrons. The van der Waals surface area contributed by atoms with Crippen molar-refractivity contribution in [3.63, 3.8) is 0 Å². The molecule has 3 aromatic rings. The zero-order valence-corrected chi connectivity index (χ0v) is 20.3. The Morgan fingerprint density at radius 1 is 0.865 bits per heavy atom. The highest BCUT2D eigenvalue weighted by molar-refractivity contribution is 6.53. The third-order valence-electron chi connectivity index (χ3n) is 5.65. The van der Waals surface area contributed by atoms with Gasteiger partial charge in [-0.2, -0.15) is 13.2 Å². The van der Waals surface area contributed by atoms with Crippen molar-refractivity contribution in [2.75, 3.05) is 10.6 Å². The average Bonchev–Trinajstić information content (AvgIpc) is 3.38. The first-order chi connectivity index (χ1) is 17.2. The van der Waals surface area contributed by atoms with Gasteiger partial charge in [0.25, 0.3) is 5.91 Å². The van der Waals surface area contributed by atoms with Crippen molar-refractivity contribution in [2.45, 2.75) is 16.4 Å². The quantitative estimate of drug-likeness (QED) is 0.241. The lowest BCUT2D eigenvalue weighted by atomic mass is 10.1. The van der Waals surface area contributed by atoms with E-state index in [4.69, 9.17) is 34.8 Å². The van der Waals surface area contributed by atoms with Gasteiger partial charge in [0.2, 0.25) is 5.91 Å². The van der Waals surface area contributed by atoms with E-state index in [0.717, 1.165) is 18.2 Å². The largest absolute Gasteiger partial charge is 0.419 e. The van der Waals surface area contributed by atoms with Gasteiger partial charge in [-0.05, 0) is 48.0 Å². The van der Waals surface area contributed by atoms with Gasteiger partial charge in [0, 0.05) is 17.7 Å². The first-order valence-corrected chi connectivity index (χ1v) is 11.4. The fourth-order valence-electron chi connectivity index (χ4n) is 3.80. The summed E-state index contributed by atoms with van der Waals surface area (Å²) in [5.74, 6) is -7.18. The van der Waals surface area contributed by atoms with Crippen LogP contribution in [0.1, 0.15) is 27.4 Å². The minimum Gasteiger partial charge on any atom is -0.326 e.